The summed E-state index contributed by atoms with van der Waals surface area (Å²) < 4.78 is 0. The van der Waals surface area contributed by atoms with Gasteiger partial charge in [-0.3, -0.25) is 0 Å². The van der Waals surface area contributed by atoms with Crippen molar-refractivity contribution in [1.29, 1.82) is 0 Å². The Hall–Kier alpha value is -1.08. The summed E-state index contributed by atoms with van der Waals surface area (Å²) >= 11 is 0. The largest absolute Gasteiger partial charge is 0.313 e. The molecule has 1 aliphatic rings. The van der Waals surface area contributed by atoms with Crippen LogP contribution in [0.2, 0.25) is 0 Å². The maximum absolute atomic E-state index is 3.35. The second kappa shape index (κ2) is 5.31. The van der Waals surface area contributed by atoms with E-state index in [1.54, 1.807) is 0 Å². The third-order valence-electron chi connectivity index (χ3n) is 3.03. The molecule has 0 spiro atoms. The molecule has 1 aromatic carbocycles. The smallest absolute Gasteiger partial charge is 0.0165 e. The fraction of sp³-hybridized carbons (Fsp3) is 0.467. The van der Waals surface area contributed by atoms with Gasteiger partial charge < -0.3 is 5.32 Å². The molecule has 16 heavy (non-hydrogen) atoms. The molecule has 86 valence electrons. The van der Waals surface area contributed by atoms with Crippen molar-refractivity contribution in [3.63, 3.8) is 0 Å². The van der Waals surface area contributed by atoms with Gasteiger partial charge in [-0.2, -0.15) is 0 Å². The number of hydrogen-bond donors (Lipinski definition) is 1. The van der Waals surface area contributed by atoms with Gasteiger partial charge in [-0.15, -0.1) is 0 Å². The van der Waals surface area contributed by atoms with Crippen LogP contribution in [0.5, 0.6) is 0 Å². The predicted octanol–water partition coefficient (Wildman–Crippen LogP) is 3.58. The summed E-state index contributed by atoms with van der Waals surface area (Å²) in [5, 5.41) is 3.35. The van der Waals surface area contributed by atoms with Crippen LogP contribution in [0.4, 0.5) is 0 Å². The highest BCUT2D eigenvalue weighted by atomic mass is 14.8. The van der Waals surface area contributed by atoms with Gasteiger partial charge in [0.05, 0.1) is 0 Å². The molecule has 1 N–H and O–H groups in total. The predicted molar refractivity (Wildman–Crippen MR) is 70.6 cm³/mol. The van der Waals surface area contributed by atoms with Gasteiger partial charge in [-0.25, -0.2) is 0 Å². The van der Waals surface area contributed by atoms with E-state index in [4.69, 9.17) is 0 Å². The van der Waals surface area contributed by atoms with Crippen LogP contribution in [0.3, 0.4) is 0 Å². The molecule has 0 amide bonds. The SMILES string of the molecule is CCNCC(C)=Cc1cccc(C2CC2)c1. The normalized spacial score (nSPS) is 16.5. The molecule has 0 radical (unpaired) electrons. The first-order valence-corrected chi connectivity index (χ1v) is 6.27. The van der Waals surface area contributed by atoms with Crippen molar-refractivity contribution in [2.24, 2.45) is 0 Å². The molecule has 0 unspecified atom stereocenters. The molecule has 1 fully saturated rings. The van der Waals surface area contributed by atoms with Crippen LogP contribution in [0, 0.1) is 0 Å². The Balaban J connectivity index is 2.04. The van der Waals surface area contributed by atoms with Crippen molar-refractivity contribution >= 4 is 6.08 Å². The third-order valence-corrected chi connectivity index (χ3v) is 3.03. The number of nitrogens with one attached hydrogen (secondary N) is 1. The van der Waals surface area contributed by atoms with Crippen molar-refractivity contribution in [3.05, 3.63) is 41.0 Å². The molecular formula is C15H21N. The highest BCUT2D eigenvalue weighted by Gasteiger charge is 2.22. The van der Waals surface area contributed by atoms with E-state index < -0.39 is 0 Å². The highest BCUT2D eigenvalue weighted by molar-refractivity contribution is 5.54. The second-order valence-corrected chi connectivity index (χ2v) is 4.72. The van der Waals surface area contributed by atoms with Gasteiger partial charge >= 0.3 is 0 Å². The Morgan fingerprint density at radius 2 is 2.25 bits per heavy atom. The molecule has 1 saturated carbocycles. The topological polar surface area (TPSA) is 12.0 Å². The molecule has 2 rings (SSSR count). The highest BCUT2D eigenvalue weighted by Crippen LogP contribution is 2.40. The molecule has 0 bridgehead atoms. The quantitative estimate of drug-likeness (QED) is 0.791. The Morgan fingerprint density at radius 1 is 1.44 bits per heavy atom. The first kappa shape index (κ1) is 11.4. The van der Waals surface area contributed by atoms with Crippen LogP contribution >= 0.6 is 0 Å². The third kappa shape index (κ3) is 3.21. The molecule has 0 aliphatic heterocycles. The van der Waals surface area contributed by atoms with E-state index in [0.29, 0.717) is 0 Å². The second-order valence-electron chi connectivity index (χ2n) is 4.72. The fourth-order valence-corrected chi connectivity index (χ4v) is 1.98. The lowest BCUT2D eigenvalue weighted by Gasteiger charge is -2.04. The summed E-state index contributed by atoms with van der Waals surface area (Å²) in [6.07, 6.45) is 5.04. The monoisotopic (exact) mass is 215 g/mol. The van der Waals surface area contributed by atoms with E-state index in [1.165, 1.54) is 29.5 Å². The summed E-state index contributed by atoms with van der Waals surface area (Å²) in [4.78, 5) is 0. The zero-order valence-corrected chi connectivity index (χ0v) is 10.3. The maximum Gasteiger partial charge on any atom is 0.0165 e. The molecule has 0 aromatic heterocycles. The molecule has 1 aromatic rings. The van der Waals surface area contributed by atoms with E-state index in [2.05, 4.69) is 49.5 Å². The lowest BCUT2D eigenvalue weighted by atomic mass is 10.1. The minimum absolute atomic E-state index is 0.849. The summed E-state index contributed by atoms with van der Waals surface area (Å²) in [7, 11) is 0. The maximum atomic E-state index is 3.35. The summed E-state index contributed by atoms with van der Waals surface area (Å²) in [6, 6.07) is 8.98. The number of hydrogen-bond acceptors (Lipinski definition) is 1. The molecule has 0 heterocycles. The van der Waals surface area contributed by atoms with Gasteiger partial charge in [0.15, 0.2) is 0 Å². The van der Waals surface area contributed by atoms with Crippen molar-refractivity contribution in [2.45, 2.75) is 32.6 Å². The van der Waals surface area contributed by atoms with Crippen LogP contribution in [-0.2, 0) is 0 Å². The van der Waals surface area contributed by atoms with E-state index in [1.807, 2.05) is 0 Å². The van der Waals surface area contributed by atoms with Crippen LogP contribution < -0.4 is 5.32 Å². The van der Waals surface area contributed by atoms with Gasteiger partial charge in [0.1, 0.15) is 0 Å². The van der Waals surface area contributed by atoms with Gasteiger partial charge in [0, 0.05) is 6.54 Å². The van der Waals surface area contributed by atoms with E-state index in [0.717, 1.165) is 19.0 Å². The zero-order chi connectivity index (χ0) is 11.4. The minimum atomic E-state index is 0.849. The van der Waals surface area contributed by atoms with Crippen LogP contribution in [-0.4, -0.2) is 13.1 Å². The Bertz CT molecular complexity index is 375. The van der Waals surface area contributed by atoms with Gasteiger partial charge in [0.25, 0.3) is 0 Å². The summed E-state index contributed by atoms with van der Waals surface area (Å²) in [5.74, 6) is 0.849. The van der Waals surface area contributed by atoms with Crippen molar-refractivity contribution in [1.82, 2.24) is 5.32 Å². The first-order valence-electron chi connectivity index (χ1n) is 6.27. The Kier molecular flexibility index (Phi) is 3.79. The molecular weight excluding hydrogens is 194 g/mol. The van der Waals surface area contributed by atoms with Crippen molar-refractivity contribution in [2.75, 3.05) is 13.1 Å². The Morgan fingerprint density at radius 3 is 2.94 bits per heavy atom. The zero-order valence-electron chi connectivity index (χ0n) is 10.3. The molecule has 1 aliphatic carbocycles. The number of benzene rings is 1. The fourth-order valence-electron chi connectivity index (χ4n) is 1.98. The number of rotatable bonds is 5. The minimum Gasteiger partial charge on any atom is -0.313 e. The molecule has 1 nitrogen and oxygen atoms in total. The summed E-state index contributed by atoms with van der Waals surface area (Å²) in [6.45, 7) is 6.35. The standard InChI is InChI=1S/C15H21N/c1-3-16-11-12(2)9-13-5-4-6-15(10-13)14-7-8-14/h4-6,9-10,14,16H,3,7-8,11H2,1-2H3. The summed E-state index contributed by atoms with van der Waals surface area (Å²) in [5.41, 5.74) is 4.26. The van der Waals surface area contributed by atoms with Gasteiger partial charge in [-0.05, 0) is 43.4 Å². The van der Waals surface area contributed by atoms with Crippen LogP contribution in [0.25, 0.3) is 6.08 Å². The molecule has 1 heteroatoms. The van der Waals surface area contributed by atoms with Gasteiger partial charge in [-0.1, -0.05) is 42.8 Å². The lowest BCUT2D eigenvalue weighted by Crippen LogP contribution is -2.14. The van der Waals surface area contributed by atoms with E-state index >= 15 is 0 Å². The van der Waals surface area contributed by atoms with E-state index in [9.17, 15) is 0 Å². The van der Waals surface area contributed by atoms with Crippen molar-refractivity contribution < 1.29 is 0 Å². The van der Waals surface area contributed by atoms with Crippen LogP contribution in [0.15, 0.2) is 29.8 Å². The average molecular weight is 215 g/mol. The average Bonchev–Trinajstić information content (AvgIpc) is 3.10. The van der Waals surface area contributed by atoms with Crippen LogP contribution in [0.1, 0.15) is 43.7 Å². The van der Waals surface area contributed by atoms with E-state index in [-0.39, 0.29) is 0 Å². The molecule has 0 atom stereocenters. The van der Waals surface area contributed by atoms with Crippen molar-refractivity contribution in [3.8, 4) is 0 Å². The lowest BCUT2D eigenvalue weighted by molar-refractivity contribution is 0.778. The van der Waals surface area contributed by atoms with Gasteiger partial charge in [0.2, 0.25) is 0 Å². The first-order chi connectivity index (χ1) is 7.79. The Labute approximate surface area is 98.6 Å². The molecule has 0 saturated heterocycles. The number of likely N-dealkylation sites (N-methyl/N-ethyl adjacent to an activating group) is 1.